The van der Waals surface area contributed by atoms with E-state index in [1.165, 1.54) is 4.57 Å². The van der Waals surface area contributed by atoms with Crippen LogP contribution in [0.15, 0.2) is 77.7 Å². The molecular weight excluding hydrogens is 554 g/mol. The summed E-state index contributed by atoms with van der Waals surface area (Å²) >= 11 is 0. The van der Waals surface area contributed by atoms with Crippen molar-refractivity contribution in [2.75, 3.05) is 49.7 Å². The van der Waals surface area contributed by atoms with Crippen molar-refractivity contribution in [2.45, 2.75) is 20.8 Å². The first-order chi connectivity index (χ1) is 21.0. The number of nitrogens with two attached hydrogens (primary N) is 1. The molecule has 0 atom stereocenters. The highest BCUT2D eigenvalue weighted by Gasteiger charge is 2.22. The molecule has 10 nitrogen and oxygen atoms in total. The van der Waals surface area contributed by atoms with Crippen molar-refractivity contribution in [3.05, 3.63) is 100.0 Å². The zero-order valence-corrected chi connectivity index (χ0v) is 26.2. The number of aromatic nitrogens is 2. The first-order valence-electron chi connectivity index (χ1n) is 14.6. The van der Waals surface area contributed by atoms with Crippen molar-refractivity contribution >= 4 is 34.7 Å². The molecule has 0 radical (unpaired) electrons. The van der Waals surface area contributed by atoms with Gasteiger partial charge in [0.1, 0.15) is 0 Å². The fraction of sp³-hybridized carbons (Fsp3) is 0.294. The predicted octanol–water partition coefficient (Wildman–Crippen LogP) is 4.68. The van der Waals surface area contributed by atoms with Crippen LogP contribution in [-0.4, -0.2) is 60.0 Å². The number of nitrogens with one attached hydrogen (secondary N) is 2. The Balaban J connectivity index is 1.66. The van der Waals surface area contributed by atoms with E-state index >= 15 is 0 Å². The van der Waals surface area contributed by atoms with Crippen LogP contribution in [0, 0.1) is 12.8 Å². The molecule has 4 aromatic rings. The Morgan fingerprint density at radius 1 is 1.02 bits per heavy atom. The summed E-state index contributed by atoms with van der Waals surface area (Å²) < 4.78 is 1.47. The van der Waals surface area contributed by atoms with E-state index in [2.05, 4.69) is 24.5 Å². The highest BCUT2D eigenvalue weighted by Crippen LogP contribution is 2.32. The normalized spacial score (nSPS) is 11.1. The second-order valence-electron chi connectivity index (χ2n) is 11.5. The van der Waals surface area contributed by atoms with Crippen LogP contribution in [0.3, 0.4) is 0 Å². The van der Waals surface area contributed by atoms with Gasteiger partial charge in [-0.3, -0.25) is 14.4 Å². The van der Waals surface area contributed by atoms with Crippen LogP contribution in [-0.2, 0) is 7.05 Å². The van der Waals surface area contributed by atoms with Gasteiger partial charge in [0.05, 0.1) is 11.3 Å². The number of carbonyl (C=O) groups is 2. The Morgan fingerprint density at radius 3 is 2.41 bits per heavy atom. The van der Waals surface area contributed by atoms with E-state index in [-0.39, 0.29) is 34.8 Å². The lowest BCUT2D eigenvalue weighted by Crippen LogP contribution is -2.34. The fourth-order valence-corrected chi connectivity index (χ4v) is 4.88. The van der Waals surface area contributed by atoms with Crippen LogP contribution < -0.4 is 26.8 Å². The standard InChI is InChI=1S/C34H41N7O3/c1-22(2)20-41(33(43)24-11-8-7-9-12-24)30-14-10-13-26(23(30)3)29-21-40(6)34(44)31(38-29)37-25-15-16-27(28(35)19-25)32(42)36-17-18-39(4)5/h7-16,19,21-22H,17-18,20,35H2,1-6H3,(H,36,42)(H,37,38). The average molecular weight is 596 g/mol. The van der Waals surface area contributed by atoms with Gasteiger partial charge in [0.25, 0.3) is 17.4 Å². The summed E-state index contributed by atoms with van der Waals surface area (Å²) in [6, 6.07) is 19.9. The molecule has 3 aromatic carbocycles. The van der Waals surface area contributed by atoms with Gasteiger partial charge in [-0.15, -0.1) is 0 Å². The largest absolute Gasteiger partial charge is 0.398 e. The first-order valence-corrected chi connectivity index (χ1v) is 14.6. The molecule has 230 valence electrons. The zero-order valence-electron chi connectivity index (χ0n) is 26.2. The number of nitrogens with zero attached hydrogens (tertiary/aromatic N) is 4. The second kappa shape index (κ2) is 14.0. The van der Waals surface area contributed by atoms with Gasteiger partial charge in [0.2, 0.25) is 0 Å². The minimum absolute atomic E-state index is 0.0808. The summed E-state index contributed by atoms with van der Waals surface area (Å²) in [6.07, 6.45) is 1.68. The third-order valence-corrected chi connectivity index (χ3v) is 7.16. The third-order valence-electron chi connectivity index (χ3n) is 7.16. The number of aryl methyl sites for hydroxylation is 1. The molecular formula is C34H41N7O3. The van der Waals surface area contributed by atoms with E-state index in [0.717, 1.165) is 16.8 Å². The van der Waals surface area contributed by atoms with Gasteiger partial charge in [-0.1, -0.05) is 44.2 Å². The number of carbonyl (C=O) groups excluding carboxylic acids is 2. The molecule has 0 spiro atoms. The van der Waals surface area contributed by atoms with Gasteiger partial charge in [-0.05, 0) is 68.9 Å². The van der Waals surface area contributed by atoms with Crippen LogP contribution in [0.5, 0.6) is 0 Å². The van der Waals surface area contributed by atoms with Crippen molar-refractivity contribution < 1.29 is 9.59 Å². The van der Waals surface area contributed by atoms with Gasteiger partial charge in [0, 0.05) is 61.1 Å². The number of hydrogen-bond donors (Lipinski definition) is 3. The lowest BCUT2D eigenvalue weighted by molar-refractivity contribution is 0.0950. The van der Waals surface area contributed by atoms with E-state index in [4.69, 9.17) is 10.7 Å². The number of anilines is 4. The first kappa shape index (κ1) is 32.0. The molecule has 0 unspecified atom stereocenters. The summed E-state index contributed by atoms with van der Waals surface area (Å²) in [6.45, 7) is 7.85. The summed E-state index contributed by atoms with van der Waals surface area (Å²) in [5.74, 6) is -0.000725. The Labute approximate surface area is 258 Å². The molecule has 0 aliphatic heterocycles. The third kappa shape index (κ3) is 7.51. The van der Waals surface area contributed by atoms with Crippen molar-refractivity contribution in [1.29, 1.82) is 0 Å². The summed E-state index contributed by atoms with van der Waals surface area (Å²) in [7, 11) is 5.53. The van der Waals surface area contributed by atoms with E-state index < -0.39 is 0 Å². The van der Waals surface area contributed by atoms with Crippen molar-refractivity contribution in [1.82, 2.24) is 19.8 Å². The fourth-order valence-electron chi connectivity index (χ4n) is 4.88. The Kier molecular flexibility index (Phi) is 10.2. The summed E-state index contributed by atoms with van der Waals surface area (Å²) in [4.78, 5) is 47.8. The smallest absolute Gasteiger partial charge is 0.293 e. The van der Waals surface area contributed by atoms with Crippen LogP contribution in [0.1, 0.15) is 40.1 Å². The van der Waals surface area contributed by atoms with E-state index in [0.29, 0.717) is 42.1 Å². The molecule has 44 heavy (non-hydrogen) atoms. The van der Waals surface area contributed by atoms with Gasteiger partial charge in [-0.2, -0.15) is 0 Å². The van der Waals surface area contributed by atoms with Crippen molar-refractivity contribution in [3.63, 3.8) is 0 Å². The maximum absolute atomic E-state index is 13.6. The number of rotatable bonds is 11. The number of hydrogen-bond acceptors (Lipinski definition) is 7. The maximum atomic E-state index is 13.6. The van der Waals surface area contributed by atoms with Gasteiger partial charge >= 0.3 is 0 Å². The minimum atomic E-state index is -0.327. The van der Waals surface area contributed by atoms with Crippen LogP contribution in [0.2, 0.25) is 0 Å². The molecule has 4 N–H and O–H groups in total. The van der Waals surface area contributed by atoms with Gasteiger partial charge in [-0.25, -0.2) is 4.98 Å². The van der Waals surface area contributed by atoms with Crippen LogP contribution >= 0.6 is 0 Å². The Hall–Kier alpha value is -4.96. The van der Waals surface area contributed by atoms with E-state index in [1.54, 1.807) is 36.3 Å². The Bertz CT molecular complexity index is 1700. The minimum Gasteiger partial charge on any atom is -0.398 e. The molecule has 1 aromatic heterocycles. The maximum Gasteiger partial charge on any atom is 0.293 e. The van der Waals surface area contributed by atoms with E-state index in [9.17, 15) is 14.4 Å². The summed E-state index contributed by atoms with van der Waals surface area (Å²) in [5, 5.41) is 5.94. The predicted molar refractivity (Wildman–Crippen MR) is 178 cm³/mol. The molecule has 10 heteroatoms. The van der Waals surface area contributed by atoms with Crippen molar-refractivity contribution in [2.24, 2.45) is 13.0 Å². The molecule has 0 fully saturated rings. The molecule has 0 bridgehead atoms. The molecule has 4 rings (SSSR count). The summed E-state index contributed by atoms with van der Waals surface area (Å²) in [5.41, 5.74) is 10.7. The highest BCUT2D eigenvalue weighted by atomic mass is 16.2. The molecule has 0 saturated heterocycles. The molecule has 0 saturated carbocycles. The number of benzene rings is 3. The lowest BCUT2D eigenvalue weighted by Gasteiger charge is -2.27. The molecule has 1 heterocycles. The van der Waals surface area contributed by atoms with E-state index in [1.807, 2.05) is 74.4 Å². The topological polar surface area (TPSA) is 126 Å². The van der Waals surface area contributed by atoms with Crippen molar-refractivity contribution in [3.8, 4) is 11.3 Å². The van der Waals surface area contributed by atoms with Crippen LogP contribution in [0.25, 0.3) is 11.3 Å². The number of amides is 2. The number of likely N-dealkylation sites (N-methyl/N-ethyl adjacent to an activating group) is 1. The van der Waals surface area contributed by atoms with Gasteiger partial charge < -0.3 is 30.7 Å². The molecule has 2 amide bonds. The quantitative estimate of drug-likeness (QED) is 0.215. The van der Waals surface area contributed by atoms with Gasteiger partial charge in [0.15, 0.2) is 5.82 Å². The number of nitrogen functional groups attached to an aromatic ring is 1. The zero-order chi connectivity index (χ0) is 32.0. The lowest BCUT2D eigenvalue weighted by atomic mass is 10.0. The SMILES string of the molecule is Cc1c(-c2cn(C)c(=O)c(Nc3ccc(C(=O)NCCN(C)C)c(N)c3)n2)cccc1N(CC(C)C)C(=O)c1ccccc1. The highest BCUT2D eigenvalue weighted by molar-refractivity contribution is 6.07. The average Bonchev–Trinajstić information content (AvgIpc) is 2.98. The Morgan fingerprint density at radius 2 is 1.75 bits per heavy atom. The second-order valence-corrected chi connectivity index (χ2v) is 11.5. The molecule has 0 aliphatic carbocycles. The molecule has 0 aliphatic rings. The monoisotopic (exact) mass is 595 g/mol. The van der Waals surface area contributed by atoms with Crippen LogP contribution in [0.4, 0.5) is 22.9 Å².